The largest absolute Gasteiger partial charge is 0.443 e. The van der Waals surface area contributed by atoms with E-state index in [1.54, 1.807) is 32.0 Å². The number of halogens is 1. The highest BCUT2D eigenvalue weighted by Crippen LogP contribution is 2.41. The highest BCUT2D eigenvalue weighted by atomic mass is 19.1. The molecule has 1 aliphatic rings. The number of hydrazone groups is 1. The van der Waals surface area contributed by atoms with Crippen molar-refractivity contribution in [2.24, 2.45) is 16.8 Å². The van der Waals surface area contributed by atoms with Crippen molar-refractivity contribution in [3.8, 4) is 0 Å². The minimum Gasteiger partial charge on any atom is -0.443 e. The van der Waals surface area contributed by atoms with Crippen LogP contribution in [-0.2, 0) is 15.3 Å². The molecule has 1 atom stereocenters. The summed E-state index contributed by atoms with van der Waals surface area (Å²) in [5, 5.41) is 5.79. The Bertz CT molecular complexity index is 838. The number of nitrogens with zero attached hydrogens (tertiary/aromatic N) is 2. The molecule has 5 nitrogen and oxygen atoms in total. The number of nitrogens with two attached hydrogens (primary N) is 1. The predicted octanol–water partition coefficient (Wildman–Crippen LogP) is 3.59. The predicted molar refractivity (Wildman–Crippen MR) is 102 cm³/mol. The van der Waals surface area contributed by atoms with Gasteiger partial charge in [-0.15, -0.1) is 5.10 Å². The van der Waals surface area contributed by atoms with Gasteiger partial charge in [0, 0.05) is 17.9 Å². The van der Waals surface area contributed by atoms with E-state index in [0.717, 1.165) is 5.56 Å². The van der Waals surface area contributed by atoms with E-state index in [9.17, 15) is 9.18 Å². The van der Waals surface area contributed by atoms with Crippen molar-refractivity contribution in [2.45, 2.75) is 32.4 Å². The molecular formula is C21H24FN3O2. The molecule has 1 heterocycles. The lowest BCUT2D eigenvalue weighted by Crippen LogP contribution is -2.46. The third-order valence-corrected chi connectivity index (χ3v) is 4.55. The van der Waals surface area contributed by atoms with Crippen LogP contribution in [0, 0.1) is 11.7 Å². The molecule has 27 heavy (non-hydrogen) atoms. The van der Waals surface area contributed by atoms with E-state index in [-0.39, 0.29) is 23.3 Å². The van der Waals surface area contributed by atoms with Crippen LogP contribution in [0.3, 0.4) is 0 Å². The van der Waals surface area contributed by atoms with E-state index in [2.05, 4.69) is 5.10 Å². The Morgan fingerprint density at radius 1 is 1.19 bits per heavy atom. The molecule has 0 saturated heterocycles. The van der Waals surface area contributed by atoms with Crippen LogP contribution in [0.5, 0.6) is 0 Å². The second kappa shape index (κ2) is 7.88. The fraction of sp³-hybridized carbons (Fsp3) is 0.333. The van der Waals surface area contributed by atoms with E-state index < -0.39 is 11.5 Å². The van der Waals surface area contributed by atoms with E-state index in [1.807, 2.05) is 30.3 Å². The standard InChI is InChI=1S/C21H24FN3O2/c1-15(2)20(26)25-21(13-8-14-23,16-9-4-3-5-10-16)27-19(24-25)17-11-6-7-12-18(17)22/h3-7,9-12,15H,8,13-14,23H2,1-2H3. The van der Waals surface area contributed by atoms with Gasteiger partial charge in [-0.25, -0.2) is 4.39 Å². The number of rotatable bonds is 6. The summed E-state index contributed by atoms with van der Waals surface area (Å²) < 4.78 is 20.6. The first-order valence-corrected chi connectivity index (χ1v) is 9.12. The summed E-state index contributed by atoms with van der Waals surface area (Å²) in [7, 11) is 0. The van der Waals surface area contributed by atoms with Crippen molar-refractivity contribution >= 4 is 11.8 Å². The molecule has 3 rings (SSSR count). The highest BCUT2D eigenvalue weighted by molar-refractivity contribution is 5.97. The smallest absolute Gasteiger partial charge is 0.249 e. The van der Waals surface area contributed by atoms with E-state index in [0.29, 0.717) is 19.4 Å². The maximum atomic E-state index is 14.4. The van der Waals surface area contributed by atoms with Gasteiger partial charge in [-0.2, -0.15) is 5.01 Å². The molecular weight excluding hydrogens is 345 g/mol. The number of carbonyl (C=O) groups is 1. The number of benzene rings is 2. The van der Waals surface area contributed by atoms with Crippen LogP contribution in [0.25, 0.3) is 0 Å². The molecule has 2 aromatic carbocycles. The minimum absolute atomic E-state index is 0.1000. The van der Waals surface area contributed by atoms with Crippen LogP contribution in [0.1, 0.15) is 37.8 Å². The van der Waals surface area contributed by atoms with Crippen LogP contribution in [-0.4, -0.2) is 23.4 Å². The monoisotopic (exact) mass is 369 g/mol. The Labute approximate surface area is 158 Å². The number of hydrogen-bond donors (Lipinski definition) is 1. The third-order valence-electron chi connectivity index (χ3n) is 4.55. The third kappa shape index (κ3) is 3.57. The van der Waals surface area contributed by atoms with Crippen LogP contribution >= 0.6 is 0 Å². The Hall–Kier alpha value is -2.73. The number of ether oxygens (including phenoxy) is 1. The quantitative estimate of drug-likeness (QED) is 0.846. The molecule has 0 fully saturated rings. The minimum atomic E-state index is -1.14. The molecule has 2 aromatic rings. The Balaban J connectivity index is 2.13. The van der Waals surface area contributed by atoms with Gasteiger partial charge in [-0.05, 0) is 25.1 Å². The lowest BCUT2D eigenvalue weighted by molar-refractivity contribution is -0.156. The first-order chi connectivity index (χ1) is 13.0. The molecule has 1 unspecified atom stereocenters. The van der Waals surface area contributed by atoms with Crippen molar-refractivity contribution in [1.29, 1.82) is 0 Å². The van der Waals surface area contributed by atoms with Crippen molar-refractivity contribution in [3.05, 3.63) is 71.5 Å². The second-order valence-electron chi connectivity index (χ2n) is 6.83. The van der Waals surface area contributed by atoms with Crippen molar-refractivity contribution < 1.29 is 13.9 Å². The molecule has 6 heteroatoms. The van der Waals surface area contributed by atoms with Gasteiger partial charge < -0.3 is 10.5 Å². The highest BCUT2D eigenvalue weighted by Gasteiger charge is 2.50. The first-order valence-electron chi connectivity index (χ1n) is 9.12. The molecule has 142 valence electrons. The van der Waals surface area contributed by atoms with Crippen molar-refractivity contribution in [1.82, 2.24) is 5.01 Å². The van der Waals surface area contributed by atoms with Crippen molar-refractivity contribution in [3.63, 3.8) is 0 Å². The fourth-order valence-corrected chi connectivity index (χ4v) is 3.13. The van der Waals surface area contributed by atoms with Gasteiger partial charge in [0.2, 0.25) is 17.5 Å². The molecule has 0 aromatic heterocycles. The van der Waals surface area contributed by atoms with Gasteiger partial charge in [0.15, 0.2) is 0 Å². The lowest BCUT2D eigenvalue weighted by atomic mass is 9.95. The van der Waals surface area contributed by atoms with Gasteiger partial charge in [0.05, 0.1) is 5.56 Å². The summed E-state index contributed by atoms with van der Waals surface area (Å²) >= 11 is 0. The van der Waals surface area contributed by atoms with Crippen LogP contribution < -0.4 is 5.73 Å². The lowest BCUT2D eigenvalue weighted by Gasteiger charge is -2.36. The summed E-state index contributed by atoms with van der Waals surface area (Å²) in [6, 6.07) is 15.7. The SMILES string of the molecule is CC(C)C(=O)N1N=C(c2ccccc2F)OC1(CCCN)c1ccccc1. The summed E-state index contributed by atoms with van der Waals surface area (Å²) in [6.45, 7) is 4.05. The van der Waals surface area contributed by atoms with Crippen LogP contribution in [0.2, 0.25) is 0 Å². The van der Waals surface area contributed by atoms with Gasteiger partial charge >= 0.3 is 0 Å². The molecule has 1 aliphatic heterocycles. The second-order valence-corrected chi connectivity index (χ2v) is 6.83. The summed E-state index contributed by atoms with van der Waals surface area (Å²) in [4.78, 5) is 13.0. The first kappa shape index (κ1) is 19.0. The average molecular weight is 369 g/mol. The van der Waals surface area contributed by atoms with E-state index >= 15 is 0 Å². The van der Waals surface area contributed by atoms with E-state index in [4.69, 9.17) is 10.5 Å². The van der Waals surface area contributed by atoms with E-state index in [1.165, 1.54) is 11.1 Å². The summed E-state index contributed by atoms with van der Waals surface area (Å²) in [5.74, 6) is -0.834. The summed E-state index contributed by atoms with van der Waals surface area (Å²) in [6.07, 6.45) is 1.07. The zero-order valence-electron chi connectivity index (χ0n) is 15.6. The molecule has 0 saturated carbocycles. The van der Waals surface area contributed by atoms with Crippen LogP contribution in [0.4, 0.5) is 4.39 Å². The fourth-order valence-electron chi connectivity index (χ4n) is 3.13. The zero-order valence-corrected chi connectivity index (χ0v) is 15.6. The van der Waals surface area contributed by atoms with Gasteiger partial charge in [-0.1, -0.05) is 56.3 Å². The molecule has 0 aliphatic carbocycles. The Morgan fingerprint density at radius 3 is 2.48 bits per heavy atom. The maximum Gasteiger partial charge on any atom is 0.249 e. The maximum absolute atomic E-state index is 14.4. The van der Waals surface area contributed by atoms with Crippen LogP contribution in [0.15, 0.2) is 59.7 Å². The molecule has 2 N–H and O–H groups in total. The van der Waals surface area contributed by atoms with Gasteiger partial charge in [0.1, 0.15) is 5.82 Å². The molecule has 0 spiro atoms. The topological polar surface area (TPSA) is 67.9 Å². The average Bonchev–Trinajstić information content (AvgIpc) is 3.07. The molecule has 0 bridgehead atoms. The van der Waals surface area contributed by atoms with Gasteiger partial charge in [0.25, 0.3) is 0 Å². The van der Waals surface area contributed by atoms with Gasteiger partial charge in [-0.3, -0.25) is 4.79 Å². The number of carbonyl (C=O) groups excluding carboxylic acids is 1. The normalized spacial score (nSPS) is 19.1. The Kier molecular flexibility index (Phi) is 5.56. The number of amides is 1. The zero-order chi connectivity index (χ0) is 19.4. The molecule has 0 radical (unpaired) electrons. The molecule has 1 amide bonds. The Morgan fingerprint density at radius 2 is 1.85 bits per heavy atom. The number of hydrogen-bond acceptors (Lipinski definition) is 4. The summed E-state index contributed by atoms with van der Waals surface area (Å²) in [5.41, 5.74) is 5.61. The van der Waals surface area contributed by atoms with Crippen molar-refractivity contribution in [2.75, 3.05) is 6.54 Å².